The highest BCUT2D eigenvalue weighted by Gasteiger charge is 2.13. The van der Waals surface area contributed by atoms with Crippen LogP contribution in [0, 0.1) is 0 Å². The summed E-state index contributed by atoms with van der Waals surface area (Å²) in [6, 6.07) is 13.1. The highest BCUT2D eigenvalue weighted by atomic mass is 16.5. The quantitative estimate of drug-likeness (QED) is 0.726. The lowest BCUT2D eigenvalue weighted by atomic mass is 10.1. The van der Waals surface area contributed by atoms with E-state index in [0.717, 1.165) is 4.57 Å². The third kappa shape index (κ3) is 3.43. The van der Waals surface area contributed by atoms with E-state index < -0.39 is 11.2 Å². The Morgan fingerprint density at radius 2 is 1.92 bits per heavy atom. The molecule has 1 atom stereocenters. The minimum atomic E-state index is -0.556. The zero-order valence-electron chi connectivity index (χ0n) is 14.5. The van der Waals surface area contributed by atoms with Gasteiger partial charge in [0, 0.05) is 18.7 Å². The number of amides is 1. The normalized spacial score (nSPS) is 12.1. The number of benzene rings is 2. The van der Waals surface area contributed by atoms with Crippen molar-refractivity contribution in [3.63, 3.8) is 0 Å². The first-order chi connectivity index (χ1) is 12.5. The van der Waals surface area contributed by atoms with Crippen molar-refractivity contribution in [2.45, 2.75) is 13.0 Å². The van der Waals surface area contributed by atoms with Crippen LogP contribution in [-0.4, -0.2) is 35.2 Å². The van der Waals surface area contributed by atoms with Crippen molar-refractivity contribution in [2.24, 2.45) is 0 Å². The molecule has 7 nitrogen and oxygen atoms in total. The number of aromatic nitrogens is 2. The summed E-state index contributed by atoms with van der Waals surface area (Å²) in [7, 11) is 1.56. The largest absolute Gasteiger partial charge is 0.383 e. The molecule has 0 unspecified atom stereocenters. The number of carbonyl (C=O) groups excluding carboxylic acids is 1. The Balaban J connectivity index is 2.04. The molecule has 0 saturated heterocycles. The van der Waals surface area contributed by atoms with E-state index in [1.165, 1.54) is 6.07 Å². The minimum absolute atomic E-state index is 0.159. The fourth-order valence-electron chi connectivity index (χ4n) is 2.77. The maximum Gasteiger partial charge on any atom is 0.333 e. The molecule has 2 N–H and O–H groups in total. The molecule has 0 aliphatic carbocycles. The van der Waals surface area contributed by atoms with Crippen LogP contribution in [0.4, 0.5) is 0 Å². The van der Waals surface area contributed by atoms with Crippen LogP contribution in [0.15, 0.2) is 58.1 Å². The number of methoxy groups -OCH3 is 1. The van der Waals surface area contributed by atoms with Gasteiger partial charge in [0.25, 0.3) is 11.5 Å². The number of nitrogens with zero attached hydrogens (tertiary/aromatic N) is 1. The summed E-state index contributed by atoms with van der Waals surface area (Å²) in [4.78, 5) is 40.1. The lowest BCUT2D eigenvalue weighted by Gasteiger charge is -2.13. The fraction of sp³-hybridized carbons (Fsp3) is 0.211. The van der Waals surface area contributed by atoms with Crippen molar-refractivity contribution in [2.75, 3.05) is 13.7 Å². The van der Waals surface area contributed by atoms with Crippen LogP contribution in [0.1, 0.15) is 17.3 Å². The van der Waals surface area contributed by atoms with Crippen molar-refractivity contribution < 1.29 is 9.53 Å². The molecule has 7 heteroatoms. The third-order valence-corrected chi connectivity index (χ3v) is 3.97. The third-order valence-electron chi connectivity index (χ3n) is 3.97. The van der Waals surface area contributed by atoms with E-state index in [4.69, 9.17) is 4.74 Å². The number of rotatable bonds is 5. The number of hydrogen-bond acceptors (Lipinski definition) is 4. The molecule has 1 amide bonds. The number of fused-ring (bicyclic) bond motifs is 1. The summed E-state index contributed by atoms with van der Waals surface area (Å²) >= 11 is 0. The lowest BCUT2D eigenvalue weighted by Crippen LogP contribution is -2.36. The topological polar surface area (TPSA) is 93.2 Å². The number of nitrogens with one attached hydrogen (secondary N) is 2. The van der Waals surface area contributed by atoms with Crippen LogP contribution in [0.2, 0.25) is 0 Å². The number of carbonyl (C=O) groups is 1. The van der Waals surface area contributed by atoms with Gasteiger partial charge in [-0.3, -0.25) is 9.59 Å². The van der Waals surface area contributed by atoms with E-state index in [9.17, 15) is 14.4 Å². The fourth-order valence-corrected chi connectivity index (χ4v) is 2.77. The molecule has 0 bridgehead atoms. The molecule has 3 rings (SSSR count). The average molecular weight is 353 g/mol. The van der Waals surface area contributed by atoms with E-state index in [2.05, 4.69) is 10.3 Å². The number of aromatic amines is 1. The molecule has 0 aliphatic rings. The molecule has 0 aliphatic heterocycles. The van der Waals surface area contributed by atoms with Crippen molar-refractivity contribution in [1.29, 1.82) is 0 Å². The molecule has 0 fully saturated rings. The van der Waals surface area contributed by atoms with E-state index in [1.54, 1.807) is 49.6 Å². The van der Waals surface area contributed by atoms with Crippen molar-refractivity contribution >= 4 is 16.8 Å². The Hall–Kier alpha value is -3.19. The summed E-state index contributed by atoms with van der Waals surface area (Å²) < 4.78 is 6.06. The Labute approximate surface area is 149 Å². The Kier molecular flexibility index (Phi) is 4.99. The van der Waals surface area contributed by atoms with Crippen LogP contribution in [0.25, 0.3) is 16.6 Å². The summed E-state index contributed by atoms with van der Waals surface area (Å²) in [6.45, 7) is 2.21. The average Bonchev–Trinajstić information content (AvgIpc) is 2.62. The van der Waals surface area contributed by atoms with Crippen LogP contribution in [-0.2, 0) is 4.74 Å². The van der Waals surface area contributed by atoms with Gasteiger partial charge < -0.3 is 15.0 Å². The minimum Gasteiger partial charge on any atom is -0.383 e. The second kappa shape index (κ2) is 7.37. The molecule has 1 aromatic heterocycles. The molecule has 26 heavy (non-hydrogen) atoms. The number of ether oxygens (including phenoxy) is 1. The van der Waals surface area contributed by atoms with Gasteiger partial charge in [-0.15, -0.1) is 0 Å². The van der Waals surface area contributed by atoms with E-state index in [1.807, 2.05) is 6.92 Å². The molecule has 0 saturated carbocycles. The maximum atomic E-state index is 12.7. The van der Waals surface area contributed by atoms with Gasteiger partial charge in [0.05, 0.1) is 23.2 Å². The highest BCUT2D eigenvalue weighted by molar-refractivity contribution is 5.97. The van der Waals surface area contributed by atoms with Gasteiger partial charge in [-0.2, -0.15) is 0 Å². The smallest absolute Gasteiger partial charge is 0.333 e. The lowest BCUT2D eigenvalue weighted by molar-refractivity contribution is 0.0905. The standard InChI is InChI=1S/C19H19N3O4/c1-12(11-26-2)20-17(23)13-8-9-15-16(10-13)21-19(25)22(18(15)24)14-6-4-3-5-7-14/h3-10,12H,11H2,1-2H3,(H,20,23)(H,21,25)/t12-/m1/s1. The zero-order chi connectivity index (χ0) is 18.7. The van der Waals surface area contributed by atoms with Gasteiger partial charge in [-0.25, -0.2) is 9.36 Å². The molecular formula is C19H19N3O4. The summed E-state index contributed by atoms with van der Waals surface area (Å²) in [5, 5.41) is 3.12. The summed E-state index contributed by atoms with van der Waals surface area (Å²) in [6.07, 6.45) is 0. The van der Waals surface area contributed by atoms with Gasteiger partial charge in [-0.1, -0.05) is 18.2 Å². The van der Waals surface area contributed by atoms with Gasteiger partial charge >= 0.3 is 5.69 Å². The van der Waals surface area contributed by atoms with Crippen molar-refractivity contribution in [3.05, 3.63) is 74.9 Å². The first-order valence-corrected chi connectivity index (χ1v) is 8.15. The maximum absolute atomic E-state index is 12.7. The molecule has 0 radical (unpaired) electrons. The number of hydrogen-bond donors (Lipinski definition) is 2. The van der Waals surface area contributed by atoms with Gasteiger partial charge in [0.1, 0.15) is 0 Å². The predicted molar refractivity (Wildman–Crippen MR) is 99.0 cm³/mol. The number of para-hydroxylation sites is 1. The van der Waals surface area contributed by atoms with E-state index in [-0.39, 0.29) is 11.9 Å². The molecule has 1 heterocycles. The zero-order valence-corrected chi connectivity index (χ0v) is 14.5. The van der Waals surface area contributed by atoms with E-state index >= 15 is 0 Å². The predicted octanol–water partition coefficient (Wildman–Crippen LogP) is 1.44. The molecule has 2 aromatic carbocycles. The second-order valence-electron chi connectivity index (χ2n) is 6.00. The van der Waals surface area contributed by atoms with Gasteiger partial charge in [0.15, 0.2) is 0 Å². The molecule has 134 valence electrons. The van der Waals surface area contributed by atoms with Gasteiger partial charge in [-0.05, 0) is 37.3 Å². The van der Waals surface area contributed by atoms with Crippen LogP contribution >= 0.6 is 0 Å². The summed E-state index contributed by atoms with van der Waals surface area (Å²) in [5.74, 6) is -0.301. The van der Waals surface area contributed by atoms with Crippen LogP contribution < -0.4 is 16.6 Å². The van der Waals surface area contributed by atoms with Crippen molar-refractivity contribution in [3.8, 4) is 5.69 Å². The Bertz CT molecular complexity index is 1050. The molecular weight excluding hydrogens is 334 g/mol. The monoisotopic (exact) mass is 353 g/mol. The first-order valence-electron chi connectivity index (χ1n) is 8.15. The van der Waals surface area contributed by atoms with Crippen LogP contribution in [0.3, 0.4) is 0 Å². The molecule has 0 spiro atoms. The SMILES string of the molecule is COC[C@@H](C)NC(=O)c1ccc2c(=O)n(-c3ccccc3)c(=O)[nH]c2c1. The van der Waals surface area contributed by atoms with E-state index in [0.29, 0.717) is 28.8 Å². The van der Waals surface area contributed by atoms with Gasteiger partial charge in [0.2, 0.25) is 0 Å². The summed E-state index contributed by atoms with van der Waals surface area (Å²) in [5.41, 5.74) is 0.164. The Morgan fingerprint density at radius 1 is 1.19 bits per heavy atom. The second-order valence-corrected chi connectivity index (χ2v) is 6.00. The number of H-pyrrole nitrogens is 1. The van der Waals surface area contributed by atoms with Crippen molar-refractivity contribution in [1.82, 2.24) is 14.9 Å². The Morgan fingerprint density at radius 3 is 2.62 bits per heavy atom. The highest BCUT2D eigenvalue weighted by Crippen LogP contribution is 2.11. The first kappa shape index (κ1) is 17.6. The van der Waals surface area contributed by atoms with Crippen LogP contribution in [0.5, 0.6) is 0 Å². The molecule has 3 aromatic rings.